The van der Waals surface area contributed by atoms with Crippen LogP contribution in [0.25, 0.3) is 0 Å². The maximum Gasteiger partial charge on any atom is 0.304 e. The molecular formula is C12H18N2O3. The van der Waals surface area contributed by atoms with Crippen LogP contribution in [0.2, 0.25) is 0 Å². The number of aliphatic carboxylic acids is 1. The highest BCUT2D eigenvalue weighted by Crippen LogP contribution is 2.05. The Bertz CT molecular complexity index is 314. The van der Waals surface area contributed by atoms with Gasteiger partial charge in [-0.3, -0.25) is 14.5 Å². The molecule has 5 nitrogen and oxygen atoms in total. The minimum absolute atomic E-state index is 0.0980. The van der Waals surface area contributed by atoms with Gasteiger partial charge in [-0.25, -0.2) is 0 Å². The summed E-state index contributed by atoms with van der Waals surface area (Å²) in [5.41, 5.74) is 0. The monoisotopic (exact) mass is 238 g/mol. The van der Waals surface area contributed by atoms with Crippen LogP contribution >= 0.6 is 0 Å². The fourth-order valence-electron chi connectivity index (χ4n) is 1.81. The van der Waals surface area contributed by atoms with Crippen LogP contribution in [0, 0.1) is 12.3 Å². The van der Waals surface area contributed by atoms with E-state index in [1.165, 1.54) is 0 Å². The number of piperazine rings is 1. The topological polar surface area (TPSA) is 60.9 Å². The number of carbonyl (C=O) groups excluding carboxylic acids is 1. The van der Waals surface area contributed by atoms with Gasteiger partial charge in [0.1, 0.15) is 0 Å². The van der Waals surface area contributed by atoms with Gasteiger partial charge in [-0.05, 0) is 0 Å². The molecule has 0 aromatic heterocycles. The maximum atomic E-state index is 11.6. The van der Waals surface area contributed by atoms with E-state index in [1.54, 1.807) is 4.90 Å². The molecule has 0 radical (unpaired) electrons. The van der Waals surface area contributed by atoms with E-state index in [9.17, 15) is 9.59 Å². The Morgan fingerprint density at radius 2 is 1.82 bits per heavy atom. The molecule has 94 valence electrons. The van der Waals surface area contributed by atoms with Crippen molar-refractivity contribution in [1.29, 1.82) is 0 Å². The lowest BCUT2D eigenvalue weighted by molar-refractivity contribution is -0.138. The molecule has 1 aliphatic heterocycles. The summed E-state index contributed by atoms with van der Waals surface area (Å²) in [5.74, 6) is 1.77. The average molecular weight is 238 g/mol. The zero-order valence-electron chi connectivity index (χ0n) is 9.89. The molecule has 0 aliphatic carbocycles. The van der Waals surface area contributed by atoms with Crippen LogP contribution in [0.3, 0.4) is 0 Å². The van der Waals surface area contributed by atoms with Crippen LogP contribution in [0.4, 0.5) is 0 Å². The average Bonchev–Trinajstić information content (AvgIpc) is 2.34. The molecule has 1 heterocycles. The first-order valence-corrected chi connectivity index (χ1v) is 5.79. The van der Waals surface area contributed by atoms with Crippen LogP contribution < -0.4 is 0 Å². The molecule has 1 saturated heterocycles. The SMILES string of the molecule is C#CCCC(=O)N1CCN(CCC(=O)O)CC1. The van der Waals surface area contributed by atoms with Crippen LogP contribution in [-0.2, 0) is 9.59 Å². The fourth-order valence-corrected chi connectivity index (χ4v) is 1.81. The second-order valence-corrected chi connectivity index (χ2v) is 4.07. The standard InChI is InChI=1S/C12H18N2O3/c1-2-3-4-11(15)14-9-7-13(8-10-14)6-5-12(16)17/h1H,3-10H2,(H,16,17). The van der Waals surface area contributed by atoms with Gasteiger partial charge in [0.2, 0.25) is 5.91 Å². The van der Waals surface area contributed by atoms with Gasteiger partial charge in [-0.15, -0.1) is 12.3 Å². The molecule has 1 N–H and O–H groups in total. The van der Waals surface area contributed by atoms with Crippen molar-refractivity contribution in [2.24, 2.45) is 0 Å². The van der Waals surface area contributed by atoms with Gasteiger partial charge in [0, 0.05) is 45.6 Å². The number of carboxylic acid groups (broad SMARTS) is 1. The molecule has 1 aliphatic rings. The Morgan fingerprint density at radius 1 is 1.18 bits per heavy atom. The number of amides is 1. The second kappa shape index (κ2) is 6.92. The number of carboxylic acids is 1. The molecular weight excluding hydrogens is 220 g/mol. The number of hydrogen-bond acceptors (Lipinski definition) is 3. The number of nitrogens with zero attached hydrogens (tertiary/aromatic N) is 2. The molecule has 1 fully saturated rings. The van der Waals surface area contributed by atoms with E-state index in [0.717, 1.165) is 13.1 Å². The minimum atomic E-state index is -0.780. The van der Waals surface area contributed by atoms with E-state index in [-0.39, 0.29) is 12.3 Å². The Hall–Kier alpha value is -1.54. The van der Waals surface area contributed by atoms with Crippen molar-refractivity contribution in [2.75, 3.05) is 32.7 Å². The van der Waals surface area contributed by atoms with E-state index in [2.05, 4.69) is 10.8 Å². The summed E-state index contributed by atoms with van der Waals surface area (Å²) in [7, 11) is 0. The summed E-state index contributed by atoms with van der Waals surface area (Å²) < 4.78 is 0. The summed E-state index contributed by atoms with van der Waals surface area (Å²) in [4.78, 5) is 25.9. The molecule has 0 atom stereocenters. The first kappa shape index (κ1) is 13.5. The molecule has 0 spiro atoms. The molecule has 17 heavy (non-hydrogen) atoms. The third-order valence-corrected chi connectivity index (χ3v) is 2.85. The van der Waals surface area contributed by atoms with Gasteiger partial charge in [-0.1, -0.05) is 0 Å². The molecule has 0 aromatic rings. The van der Waals surface area contributed by atoms with Crippen LogP contribution in [0.5, 0.6) is 0 Å². The van der Waals surface area contributed by atoms with E-state index >= 15 is 0 Å². The molecule has 0 unspecified atom stereocenters. The second-order valence-electron chi connectivity index (χ2n) is 4.07. The highest BCUT2D eigenvalue weighted by Gasteiger charge is 2.20. The van der Waals surface area contributed by atoms with Crippen LogP contribution in [-0.4, -0.2) is 59.5 Å². The van der Waals surface area contributed by atoms with Crippen molar-refractivity contribution in [3.05, 3.63) is 0 Å². The van der Waals surface area contributed by atoms with E-state index in [1.807, 2.05) is 0 Å². The normalized spacial score (nSPS) is 16.5. The summed E-state index contributed by atoms with van der Waals surface area (Å²) in [6.07, 6.45) is 6.16. The molecule has 5 heteroatoms. The van der Waals surface area contributed by atoms with E-state index in [0.29, 0.717) is 32.5 Å². The smallest absolute Gasteiger partial charge is 0.304 e. The van der Waals surface area contributed by atoms with Crippen LogP contribution in [0.15, 0.2) is 0 Å². The third-order valence-electron chi connectivity index (χ3n) is 2.85. The lowest BCUT2D eigenvalue weighted by Gasteiger charge is -2.34. The zero-order valence-corrected chi connectivity index (χ0v) is 9.89. The molecule has 1 amide bonds. The van der Waals surface area contributed by atoms with E-state index in [4.69, 9.17) is 11.5 Å². The lowest BCUT2D eigenvalue weighted by atomic mass is 10.2. The van der Waals surface area contributed by atoms with Crippen molar-refractivity contribution in [2.45, 2.75) is 19.3 Å². The summed E-state index contributed by atoms with van der Waals surface area (Å²) >= 11 is 0. The summed E-state index contributed by atoms with van der Waals surface area (Å²) in [6.45, 7) is 3.39. The molecule has 0 aromatic carbocycles. The minimum Gasteiger partial charge on any atom is -0.481 e. The number of terminal acetylenes is 1. The number of carbonyl (C=O) groups is 2. The first-order valence-electron chi connectivity index (χ1n) is 5.79. The predicted molar refractivity (Wildman–Crippen MR) is 63.3 cm³/mol. The lowest BCUT2D eigenvalue weighted by Crippen LogP contribution is -2.49. The van der Waals surface area contributed by atoms with Crippen molar-refractivity contribution in [3.63, 3.8) is 0 Å². The van der Waals surface area contributed by atoms with Gasteiger partial charge >= 0.3 is 5.97 Å². The number of hydrogen-bond donors (Lipinski definition) is 1. The first-order chi connectivity index (χ1) is 8.13. The fraction of sp³-hybridized carbons (Fsp3) is 0.667. The Morgan fingerprint density at radius 3 is 2.35 bits per heavy atom. The Balaban J connectivity index is 2.23. The van der Waals surface area contributed by atoms with Gasteiger partial charge in [-0.2, -0.15) is 0 Å². The van der Waals surface area contributed by atoms with Crippen molar-refractivity contribution < 1.29 is 14.7 Å². The molecule has 0 bridgehead atoms. The van der Waals surface area contributed by atoms with Gasteiger partial charge in [0.25, 0.3) is 0 Å². The Labute approximate surface area is 101 Å². The van der Waals surface area contributed by atoms with Crippen LogP contribution in [0.1, 0.15) is 19.3 Å². The molecule has 0 saturated carbocycles. The maximum absolute atomic E-state index is 11.6. The molecule has 1 rings (SSSR count). The highest BCUT2D eigenvalue weighted by atomic mass is 16.4. The van der Waals surface area contributed by atoms with Gasteiger partial charge < -0.3 is 10.0 Å². The summed E-state index contributed by atoms with van der Waals surface area (Å²) in [6, 6.07) is 0. The van der Waals surface area contributed by atoms with E-state index < -0.39 is 5.97 Å². The van der Waals surface area contributed by atoms with Gasteiger partial charge in [0.15, 0.2) is 0 Å². The summed E-state index contributed by atoms with van der Waals surface area (Å²) in [5, 5.41) is 8.57. The quantitative estimate of drug-likeness (QED) is 0.686. The zero-order chi connectivity index (χ0) is 12.7. The van der Waals surface area contributed by atoms with Crippen molar-refractivity contribution in [3.8, 4) is 12.3 Å². The Kier molecular flexibility index (Phi) is 5.50. The predicted octanol–water partition coefficient (Wildman–Crippen LogP) is 0.0187. The van der Waals surface area contributed by atoms with Gasteiger partial charge in [0.05, 0.1) is 6.42 Å². The number of rotatable bonds is 5. The largest absolute Gasteiger partial charge is 0.481 e. The van der Waals surface area contributed by atoms with Crippen molar-refractivity contribution in [1.82, 2.24) is 9.80 Å². The third kappa shape index (κ3) is 4.87. The highest BCUT2D eigenvalue weighted by molar-refractivity contribution is 5.76. The van der Waals surface area contributed by atoms with Crippen molar-refractivity contribution >= 4 is 11.9 Å².